The van der Waals surface area contributed by atoms with Gasteiger partial charge in [-0.3, -0.25) is 0 Å². The summed E-state index contributed by atoms with van der Waals surface area (Å²) in [6, 6.07) is 7.90. The molecular formula is C19H29N. The molecule has 0 heterocycles. The molecule has 0 radical (unpaired) electrons. The number of aryl methyl sites for hydroxylation is 2. The average molecular weight is 271 g/mol. The molecule has 2 aliphatic carbocycles. The second-order valence-electron chi connectivity index (χ2n) is 7.33. The Morgan fingerprint density at radius 3 is 2.60 bits per heavy atom. The minimum Gasteiger partial charge on any atom is -0.314 e. The van der Waals surface area contributed by atoms with Crippen molar-refractivity contribution in [1.82, 2.24) is 5.32 Å². The highest BCUT2D eigenvalue weighted by Crippen LogP contribution is 2.41. The van der Waals surface area contributed by atoms with Crippen molar-refractivity contribution in [3.05, 3.63) is 34.9 Å². The van der Waals surface area contributed by atoms with Gasteiger partial charge in [-0.25, -0.2) is 0 Å². The van der Waals surface area contributed by atoms with Crippen LogP contribution >= 0.6 is 0 Å². The fourth-order valence-electron chi connectivity index (χ4n) is 3.92. The lowest BCUT2D eigenvalue weighted by Crippen LogP contribution is -2.32. The molecule has 1 N–H and O–H groups in total. The molecule has 1 aromatic carbocycles. The molecule has 0 aliphatic heterocycles. The van der Waals surface area contributed by atoms with Gasteiger partial charge in [0.1, 0.15) is 0 Å². The molecule has 2 saturated carbocycles. The molecule has 1 aromatic rings. The summed E-state index contributed by atoms with van der Waals surface area (Å²) in [6.45, 7) is 8.16. The quantitative estimate of drug-likeness (QED) is 0.845. The first kappa shape index (κ1) is 14.1. The molecule has 20 heavy (non-hydrogen) atoms. The summed E-state index contributed by atoms with van der Waals surface area (Å²) in [5, 5.41) is 3.77. The Kier molecular flexibility index (Phi) is 4.16. The van der Waals surface area contributed by atoms with E-state index >= 15 is 0 Å². The van der Waals surface area contributed by atoms with Gasteiger partial charge >= 0.3 is 0 Å². The summed E-state index contributed by atoms with van der Waals surface area (Å²) in [4.78, 5) is 0. The van der Waals surface area contributed by atoms with Crippen molar-refractivity contribution in [3.63, 3.8) is 0 Å². The Hall–Kier alpha value is -0.820. The highest BCUT2D eigenvalue weighted by molar-refractivity contribution is 5.34. The van der Waals surface area contributed by atoms with E-state index in [0.29, 0.717) is 0 Å². The Morgan fingerprint density at radius 1 is 1.10 bits per heavy atom. The number of rotatable bonds is 4. The van der Waals surface area contributed by atoms with E-state index in [1.54, 1.807) is 5.56 Å². The minimum atomic E-state index is 0.769. The van der Waals surface area contributed by atoms with E-state index in [1.165, 1.54) is 49.8 Å². The third kappa shape index (κ3) is 3.25. The van der Waals surface area contributed by atoms with Gasteiger partial charge in [0.15, 0.2) is 0 Å². The fourth-order valence-corrected chi connectivity index (χ4v) is 3.92. The first-order valence-electron chi connectivity index (χ1n) is 8.44. The van der Waals surface area contributed by atoms with Crippen LogP contribution in [0.15, 0.2) is 18.2 Å². The van der Waals surface area contributed by atoms with Gasteiger partial charge in [0.05, 0.1) is 0 Å². The maximum absolute atomic E-state index is 3.77. The molecule has 0 aromatic heterocycles. The third-order valence-corrected chi connectivity index (χ3v) is 5.33. The number of benzene rings is 1. The Balaban J connectivity index is 1.77. The lowest BCUT2D eigenvalue weighted by Gasteiger charge is -2.36. The van der Waals surface area contributed by atoms with Gasteiger partial charge in [0.2, 0.25) is 0 Å². The topological polar surface area (TPSA) is 12.0 Å². The molecular weight excluding hydrogens is 242 g/mol. The second-order valence-corrected chi connectivity index (χ2v) is 7.33. The maximum atomic E-state index is 3.77. The van der Waals surface area contributed by atoms with Gasteiger partial charge in [-0.2, -0.15) is 0 Å². The van der Waals surface area contributed by atoms with Crippen LogP contribution in [0.1, 0.15) is 61.6 Å². The van der Waals surface area contributed by atoms with Crippen LogP contribution in [0.25, 0.3) is 0 Å². The van der Waals surface area contributed by atoms with Crippen LogP contribution in [0.3, 0.4) is 0 Å². The molecule has 110 valence electrons. The molecule has 0 saturated heterocycles. The Labute approximate surface area is 124 Å². The molecule has 1 heteroatoms. The van der Waals surface area contributed by atoms with E-state index in [1.807, 2.05) is 0 Å². The largest absolute Gasteiger partial charge is 0.314 e. The normalized spacial score (nSPS) is 30.4. The highest BCUT2D eigenvalue weighted by Gasteiger charge is 2.32. The number of hydrogen-bond donors (Lipinski definition) is 1. The summed E-state index contributed by atoms with van der Waals surface area (Å²) < 4.78 is 0. The van der Waals surface area contributed by atoms with Crippen LogP contribution in [0, 0.1) is 25.7 Å². The van der Waals surface area contributed by atoms with Gasteiger partial charge in [-0.15, -0.1) is 0 Å². The van der Waals surface area contributed by atoms with Crippen LogP contribution in [0.4, 0.5) is 0 Å². The zero-order valence-corrected chi connectivity index (χ0v) is 13.3. The summed E-state index contributed by atoms with van der Waals surface area (Å²) >= 11 is 0. The molecule has 1 nitrogen and oxygen atoms in total. The van der Waals surface area contributed by atoms with Crippen molar-refractivity contribution in [2.24, 2.45) is 11.8 Å². The van der Waals surface area contributed by atoms with Gasteiger partial charge < -0.3 is 5.32 Å². The van der Waals surface area contributed by atoms with E-state index < -0.39 is 0 Å². The predicted octanol–water partition coefficient (Wildman–Crippen LogP) is 4.58. The van der Waals surface area contributed by atoms with Gasteiger partial charge in [0.25, 0.3) is 0 Å². The van der Waals surface area contributed by atoms with Crippen molar-refractivity contribution in [2.45, 2.75) is 64.8 Å². The molecule has 3 atom stereocenters. The van der Waals surface area contributed by atoms with E-state index in [-0.39, 0.29) is 0 Å². The first-order chi connectivity index (χ1) is 9.63. The summed E-state index contributed by atoms with van der Waals surface area (Å²) in [5.41, 5.74) is 4.51. The maximum Gasteiger partial charge on any atom is 0.00683 e. The zero-order chi connectivity index (χ0) is 14.1. The highest BCUT2D eigenvalue weighted by atomic mass is 14.9. The van der Waals surface area contributed by atoms with Gasteiger partial charge in [-0.1, -0.05) is 37.1 Å². The van der Waals surface area contributed by atoms with Gasteiger partial charge in [0, 0.05) is 6.04 Å². The van der Waals surface area contributed by atoms with Crippen LogP contribution in [-0.4, -0.2) is 12.6 Å². The molecule has 2 fully saturated rings. The van der Waals surface area contributed by atoms with Gasteiger partial charge in [-0.05, 0) is 75.0 Å². The second kappa shape index (κ2) is 5.89. The summed E-state index contributed by atoms with van der Waals surface area (Å²) in [7, 11) is 0. The number of hydrogen-bond acceptors (Lipinski definition) is 1. The van der Waals surface area contributed by atoms with E-state index in [2.05, 4.69) is 44.3 Å². The van der Waals surface area contributed by atoms with E-state index in [4.69, 9.17) is 0 Å². The van der Waals surface area contributed by atoms with Crippen molar-refractivity contribution in [2.75, 3.05) is 6.54 Å². The predicted molar refractivity (Wildman–Crippen MR) is 86.2 cm³/mol. The average Bonchev–Trinajstić information content (AvgIpc) is 3.21. The standard InChI is InChI=1S/C19H29N/c1-13-5-9-18(15(3)10-13)19-11-14(2)4-6-16(19)12-20-17-7-8-17/h5,9-10,14,16-17,19-20H,4,6-8,11-12H2,1-3H3. The van der Waals surface area contributed by atoms with E-state index in [9.17, 15) is 0 Å². The lowest BCUT2D eigenvalue weighted by molar-refractivity contribution is 0.240. The summed E-state index contributed by atoms with van der Waals surface area (Å²) in [6.07, 6.45) is 6.99. The first-order valence-corrected chi connectivity index (χ1v) is 8.44. The van der Waals surface area contributed by atoms with Crippen LogP contribution in [-0.2, 0) is 0 Å². The summed E-state index contributed by atoms with van der Waals surface area (Å²) in [5.74, 6) is 2.50. The fraction of sp³-hybridized carbons (Fsp3) is 0.684. The molecule has 0 spiro atoms. The number of nitrogens with one attached hydrogen (secondary N) is 1. The van der Waals surface area contributed by atoms with E-state index in [0.717, 1.165) is 23.8 Å². The SMILES string of the molecule is Cc1ccc(C2CC(C)CCC2CNC2CC2)c(C)c1. The molecule has 3 rings (SSSR count). The molecule has 2 aliphatic rings. The van der Waals surface area contributed by atoms with Crippen molar-refractivity contribution in [1.29, 1.82) is 0 Å². The lowest BCUT2D eigenvalue weighted by atomic mass is 9.70. The third-order valence-electron chi connectivity index (χ3n) is 5.33. The zero-order valence-electron chi connectivity index (χ0n) is 13.3. The van der Waals surface area contributed by atoms with Crippen molar-refractivity contribution >= 4 is 0 Å². The molecule has 0 bridgehead atoms. The smallest absolute Gasteiger partial charge is 0.00683 e. The van der Waals surface area contributed by atoms with Crippen LogP contribution in [0.2, 0.25) is 0 Å². The molecule has 0 amide bonds. The van der Waals surface area contributed by atoms with Crippen molar-refractivity contribution in [3.8, 4) is 0 Å². The Bertz CT molecular complexity index is 461. The monoisotopic (exact) mass is 271 g/mol. The van der Waals surface area contributed by atoms with Crippen molar-refractivity contribution < 1.29 is 0 Å². The Morgan fingerprint density at radius 2 is 1.90 bits per heavy atom. The van der Waals surface area contributed by atoms with Crippen LogP contribution < -0.4 is 5.32 Å². The van der Waals surface area contributed by atoms with Crippen LogP contribution in [0.5, 0.6) is 0 Å². The minimum absolute atomic E-state index is 0.769. The molecule has 3 unspecified atom stereocenters.